The molecule has 5 nitrogen and oxygen atoms in total. The largest absolute Gasteiger partial charge is 0.322 e. The van der Waals surface area contributed by atoms with E-state index >= 15 is 0 Å². The number of nitrogens with zero attached hydrogens (tertiary/aromatic N) is 3. The van der Waals surface area contributed by atoms with Crippen molar-refractivity contribution in [2.75, 3.05) is 11.9 Å². The number of carbonyl (C=O) groups excluding carboxylic acids is 1. The van der Waals surface area contributed by atoms with Crippen LogP contribution in [0.2, 0.25) is 0 Å². The number of hydrogen-bond acceptors (Lipinski definition) is 2. The number of nitrogens with one attached hydrogen (secondary N) is 1. The van der Waals surface area contributed by atoms with Crippen molar-refractivity contribution in [3.63, 3.8) is 0 Å². The zero-order valence-electron chi connectivity index (χ0n) is 13.4. The molecule has 3 aromatic rings. The second kappa shape index (κ2) is 6.52. The third-order valence-corrected chi connectivity index (χ3v) is 3.82. The zero-order chi connectivity index (χ0) is 16.2. The fourth-order valence-electron chi connectivity index (χ4n) is 2.46. The number of aromatic nitrogens is 2. The Balaban J connectivity index is 1.74. The molecule has 3 rings (SSSR count). The van der Waals surface area contributed by atoms with E-state index in [0.29, 0.717) is 13.1 Å². The van der Waals surface area contributed by atoms with Crippen LogP contribution in [0.1, 0.15) is 18.2 Å². The fraction of sp³-hybridized carbons (Fsp3) is 0.222. The van der Waals surface area contributed by atoms with Crippen LogP contribution in [0.4, 0.5) is 10.5 Å². The van der Waals surface area contributed by atoms with Gasteiger partial charge in [0.05, 0.1) is 18.4 Å². The first-order valence-electron chi connectivity index (χ1n) is 7.71. The molecular weight excluding hydrogens is 288 g/mol. The van der Waals surface area contributed by atoms with E-state index in [9.17, 15) is 4.79 Å². The smallest absolute Gasteiger partial charge is 0.319 e. The van der Waals surface area contributed by atoms with Gasteiger partial charge in [-0.25, -0.2) is 9.78 Å². The Bertz CT molecular complexity index is 807. The number of fused-ring (bicyclic) bond motifs is 1. The molecule has 2 heterocycles. The van der Waals surface area contributed by atoms with Crippen molar-refractivity contribution in [3.05, 3.63) is 66.1 Å². The Morgan fingerprint density at radius 2 is 2.00 bits per heavy atom. The molecule has 118 valence electrons. The average molecular weight is 308 g/mol. The number of pyridine rings is 1. The van der Waals surface area contributed by atoms with Gasteiger partial charge in [0.2, 0.25) is 0 Å². The Labute approximate surface area is 135 Å². The van der Waals surface area contributed by atoms with E-state index in [2.05, 4.69) is 10.3 Å². The molecule has 0 saturated heterocycles. The Morgan fingerprint density at radius 3 is 2.74 bits per heavy atom. The fourth-order valence-corrected chi connectivity index (χ4v) is 2.46. The highest BCUT2D eigenvalue weighted by Gasteiger charge is 2.14. The minimum absolute atomic E-state index is 0.109. The quantitative estimate of drug-likeness (QED) is 0.799. The van der Waals surface area contributed by atoms with Gasteiger partial charge in [-0.05, 0) is 38.1 Å². The number of amides is 2. The van der Waals surface area contributed by atoms with Crippen LogP contribution in [0.15, 0.2) is 54.9 Å². The number of anilines is 1. The molecule has 0 aliphatic carbocycles. The summed E-state index contributed by atoms with van der Waals surface area (Å²) in [6.07, 6.45) is 3.78. The topological polar surface area (TPSA) is 49.6 Å². The highest BCUT2D eigenvalue weighted by molar-refractivity contribution is 5.89. The summed E-state index contributed by atoms with van der Waals surface area (Å²) in [6, 6.07) is 13.5. The van der Waals surface area contributed by atoms with Crippen LogP contribution in [0, 0.1) is 6.92 Å². The average Bonchev–Trinajstić information content (AvgIpc) is 2.97. The lowest BCUT2D eigenvalue weighted by molar-refractivity contribution is 0.211. The summed E-state index contributed by atoms with van der Waals surface area (Å²) < 4.78 is 2.00. The maximum atomic E-state index is 12.5. The molecule has 2 aromatic heterocycles. The van der Waals surface area contributed by atoms with E-state index in [-0.39, 0.29) is 6.03 Å². The molecule has 0 saturated carbocycles. The van der Waals surface area contributed by atoms with Crippen LogP contribution in [0.25, 0.3) is 5.65 Å². The van der Waals surface area contributed by atoms with Crippen LogP contribution in [0.3, 0.4) is 0 Å². The van der Waals surface area contributed by atoms with Crippen LogP contribution >= 0.6 is 0 Å². The summed E-state index contributed by atoms with van der Waals surface area (Å²) in [7, 11) is 0. The number of urea groups is 1. The van der Waals surface area contributed by atoms with Gasteiger partial charge in [-0.3, -0.25) is 0 Å². The first kappa shape index (κ1) is 15.1. The highest BCUT2D eigenvalue weighted by Crippen LogP contribution is 2.12. The standard InChI is InChI=1S/C18H20N4O/c1-3-21(18(23)20-15-9-7-14(2)8-10-15)13-16-12-19-17-6-4-5-11-22(16)17/h4-12H,3,13H2,1-2H3,(H,20,23). The summed E-state index contributed by atoms with van der Waals surface area (Å²) >= 11 is 0. The normalized spacial score (nSPS) is 10.7. The minimum Gasteiger partial charge on any atom is -0.319 e. The summed E-state index contributed by atoms with van der Waals surface area (Å²) in [5.41, 5.74) is 3.84. The summed E-state index contributed by atoms with van der Waals surface area (Å²) in [4.78, 5) is 18.6. The lowest BCUT2D eigenvalue weighted by atomic mass is 10.2. The molecule has 0 aliphatic rings. The Kier molecular flexibility index (Phi) is 4.28. The van der Waals surface area contributed by atoms with Gasteiger partial charge in [0.15, 0.2) is 0 Å². The van der Waals surface area contributed by atoms with E-state index in [4.69, 9.17) is 0 Å². The van der Waals surface area contributed by atoms with Gasteiger partial charge in [0.1, 0.15) is 5.65 Å². The first-order valence-corrected chi connectivity index (χ1v) is 7.71. The molecule has 0 bridgehead atoms. The molecule has 0 unspecified atom stereocenters. The van der Waals surface area contributed by atoms with Crippen molar-refractivity contribution in [3.8, 4) is 0 Å². The maximum Gasteiger partial charge on any atom is 0.322 e. The van der Waals surface area contributed by atoms with Gasteiger partial charge >= 0.3 is 6.03 Å². The summed E-state index contributed by atoms with van der Waals surface area (Å²) in [5, 5.41) is 2.94. The Morgan fingerprint density at radius 1 is 1.22 bits per heavy atom. The van der Waals surface area contributed by atoms with Gasteiger partial charge in [-0.2, -0.15) is 0 Å². The highest BCUT2D eigenvalue weighted by atomic mass is 16.2. The minimum atomic E-state index is -0.109. The number of benzene rings is 1. The second-order valence-corrected chi connectivity index (χ2v) is 5.49. The predicted octanol–water partition coefficient (Wildman–Crippen LogP) is 3.70. The molecule has 0 spiro atoms. The van der Waals surface area contributed by atoms with Crippen LogP contribution < -0.4 is 5.32 Å². The molecule has 2 amide bonds. The van der Waals surface area contributed by atoms with Gasteiger partial charge in [0.25, 0.3) is 0 Å². The SMILES string of the molecule is CCN(Cc1cnc2ccccn12)C(=O)Nc1ccc(C)cc1. The third-order valence-electron chi connectivity index (χ3n) is 3.82. The van der Waals surface area contributed by atoms with Crippen LogP contribution in [-0.4, -0.2) is 26.9 Å². The van der Waals surface area contributed by atoms with Crippen molar-refractivity contribution < 1.29 is 4.79 Å². The number of imidazole rings is 1. The number of rotatable bonds is 4. The van der Waals surface area contributed by atoms with Crippen LogP contribution in [0.5, 0.6) is 0 Å². The molecule has 0 radical (unpaired) electrons. The van der Waals surface area contributed by atoms with Crippen molar-refractivity contribution in [2.45, 2.75) is 20.4 Å². The maximum absolute atomic E-state index is 12.5. The van der Waals surface area contributed by atoms with Gasteiger partial charge in [-0.15, -0.1) is 0 Å². The molecule has 0 fully saturated rings. The molecule has 0 atom stereocenters. The van der Waals surface area contributed by atoms with Crippen molar-refractivity contribution in [1.29, 1.82) is 0 Å². The molecule has 5 heteroatoms. The third kappa shape index (κ3) is 3.34. The van der Waals surface area contributed by atoms with Crippen molar-refractivity contribution >= 4 is 17.4 Å². The van der Waals surface area contributed by atoms with Gasteiger partial charge in [-0.1, -0.05) is 23.8 Å². The lowest BCUT2D eigenvalue weighted by Gasteiger charge is -2.21. The zero-order valence-corrected chi connectivity index (χ0v) is 13.4. The monoisotopic (exact) mass is 308 g/mol. The number of aryl methyl sites for hydroxylation is 1. The molecule has 0 aliphatic heterocycles. The number of hydrogen-bond donors (Lipinski definition) is 1. The summed E-state index contributed by atoms with van der Waals surface area (Å²) in [5.74, 6) is 0. The molecular formula is C18H20N4O. The lowest BCUT2D eigenvalue weighted by Crippen LogP contribution is -2.34. The predicted molar refractivity (Wildman–Crippen MR) is 91.5 cm³/mol. The second-order valence-electron chi connectivity index (χ2n) is 5.49. The van der Waals surface area contributed by atoms with E-state index < -0.39 is 0 Å². The van der Waals surface area contributed by atoms with E-state index in [0.717, 1.165) is 17.0 Å². The van der Waals surface area contributed by atoms with Crippen molar-refractivity contribution in [2.24, 2.45) is 0 Å². The molecule has 1 N–H and O–H groups in total. The van der Waals surface area contributed by atoms with E-state index in [1.165, 1.54) is 5.56 Å². The van der Waals surface area contributed by atoms with E-state index in [1.807, 2.05) is 73.1 Å². The molecule has 23 heavy (non-hydrogen) atoms. The van der Waals surface area contributed by atoms with Gasteiger partial charge < -0.3 is 14.6 Å². The van der Waals surface area contributed by atoms with Crippen LogP contribution in [-0.2, 0) is 6.54 Å². The van der Waals surface area contributed by atoms with Crippen molar-refractivity contribution in [1.82, 2.24) is 14.3 Å². The van der Waals surface area contributed by atoms with Gasteiger partial charge in [0, 0.05) is 18.4 Å². The van der Waals surface area contributed by atoms with E-state index in [1.54, 1.807) is 4.90 Å². The first-order chi connectivity index (χ1) is 11.2. The summed E-state index contributed by atoms with van der Waals surface area (Å²) in [6.45, 7) is 5.13. The number of carbonyl (C=O) groups is 1. The Hall–Kier alpha value is -2.82. The molecule has 1 aromatic carbocycles.